The number of nitrogens with one attached hydrogen (secondary N) is 1. The van der Waals surface area contributed by atoms with Gasteiger partial charge < -0.3 is 14.2 Å². The van der Waals surface area contributed by atoms with Crippen LogP contribution in [0.1, 0.15) is 48.0 Å². The van der Waals surface area contributed by atoms with Crippen molar-refractivity contribution in [2.45, 2.75) is 59.3 Å². The molecule has 0 aromatic carbocycles. The van der Waals surface area contributed by atoms with Gasteiger partial charge in [-0.1, -0.05) is 6.08 Å². The van der Waals surface area contributed by atoms with E-state index in [-0.39, 0.29) is 5.97 Å². The van der Waals surface area contributed by atoms with E-state index in [2.05, 4.69) is 10.1 Å². The number of esters is 1. The topological polar surface area (TPSA) is 73.9 Å². The smallest absolute Gasteiger partial charge is 0.409 e. The van der Waals surface area contributed by atoms with Crippen molar-refractivity contribution >= 4 is 12.1 Å². The van der Waals surface area contributed by atoms with Crippen molar-refractivity contribution in [2.75, 3.05) is 13.7 Å². The number of carbonyl (C=O) groups is 2. The largest absolute Gasteiger partial charge is 0.466 e. The Labute approximate surface area is 126 Å². The highest BCUT2D eigenvalue weighted by Crippen LogP contribution is 2.11. The van der Waals surface area contributed by atoms with Crippen LogP contribution in [0.3, 0.4) is 0 Å². The second kappa shape index (κ2) is 8.02. The molecule has 0 bridgehead atoms. The summed E-state index contributed by atoms with van der Waals surface area (Å²) in [5.41, 5.74) is -0.880. The first-order valence-electron chi connectivity index (χ1n) is 6.87. The van der Waals surface area contributed by atoms with E-state index in [1.807, 2.05) is 0 Å². The van der Waals surface area contributed by atoms with E-state index in [0.717, 1.165) is 0 Å². The highest BCUT2D eigenvalue weighted by molar-refractivity contribution is 5.87. The zero-order valence-electron chi connectivity index (χ0n) is 14.0. The molecule has 1 N–H and O–H groups in total. The fourth-order valence-corrected chi connectivity index (χ4v) is 1.42. The summed E-state index contributed by atoms with van der Waals surface area (Å²) in [5.74, 6) is -0.360. The predicted molar refractivity (Wildman–Crippen MR) is 79.8 cm³/mol. The molecule has 0 radical (unpaired) electrons. The molecule has 122 valence electrons. The van der Waals surface area contributed by atoms with Gasteiger partial charge in [-0.3, -0.25) is 5.32 Å². The number of carbonyl (C=O) groups excluding carboxylic acids is 2. The minimum atomic E-state index is -0.852. The second-order valence-corrected chi connectivity index (χ2v) is 6.15. The number of rotatable bonds is 6. The maximum Gasteiger partial charge on any atom is 0.409 e. The molecule has 0 atom stereocenters. The Hall–Kier alpha value is -1.56. The van der Waals surface area contributed by atoms with E-state index < -0.39 is 17.4 Å². The maximum absolute atomic E-state index is 11.7. The van der Waals surface area contributed by atoms with Crippen LogP contribution in [0.5, 0.6) is 0 Å². The highest BCUT2D eigenvalue weighted by atomic mass is 16.6. The lowest BCUT2D eigenvalue weighted by Crippen LogP contribution is -2.47. The summed E-state index contributed by atoms with van der Waals surface area (Å²) in [6.45, 7) is 10.9. The van der Waals surface area contributed by atoms with Crippen LogP contribution < -0.4 is 5.32 Å². The Morgan fingerprint density at radius 2 is 1.71 bits per heavy atom. The van der Waals surface area contributed by atoms with Gasteiger partial charge in [0.25, 0.3) is 0 Å². The molecule has 0 aliphatic carbocycles. The minimum absolute atomic E-state index is 0.358. The van der Waals surface area contributed by atoms with Gasteiger partial charge in [0.05, 0.1) is 13.7 Å². The van der Waals surface area contributed by atoms with E-state index >= 15 is 0 Å². The van der Waals surface area contributed by atoms with Gasteiger partial charge in [0.1, 0.15) is 11.3 Å². The molecule has 0 saturated carbocycles. The molecule has 1 amide bonds. The molecule has 0 aliphatic rings. The molecule has 0 saturated heterocycles. The molecule has 0 rings (SSSR count). The van der Waals surface area contributed by atoms with Crippen molar-refractivity contribution in [2.24, 2.45) is 0 Å². The minimum Gasteiger partial charge on any atom is -0.466 e. The molecule has 0 aliphatic heterocycles. The molecule has 0 aromatic heterocycles. The van der Waals surface area contributed by atoms with Crippen LogP contribution in [0.15, 0.2) is 11.6 Å². The summed E-state index contributed by atoms with van der Waals surface area (Å²) in [6, 6.07) is 0. The van der Waals surface area contributed by atoms with Gasteiger partial charge in [0.2, 0.25) is 0 Å². The van der Waals surface area contributed by atoms with Gasteiger partial charge in [-0.15, -0.1) is 0 Å². The summed E-state index contributed by atoms with van der Waals surface area (Å²) in [4.78, 5) is 22.8. The lowest BCUT2D eigenvalue weighted by atomic mass is 10.2. The first kappa shape index (κ1) is 19.4. The molecule has 0 aromatic rings. The van der Waals surface area contributed by atoms with E-state index in [1.165, 1.54) is 7.11 Å². The van der Waals surface area contributed by atoms with Crippen LogP contribution >= 0.6 is 0 Å². The van der Waals surface area contributed by atoms with Crippen LogP contribution in [0.25, 0.3) is 0 Å². The van der Waals surface area contributed by atoms with E-state index in [0.29, 0.717) is 18.6 Å². The van der Waals surface area contributed by atoms with Gasteiger partial charge in [-0.2, -0.15) is 0 Å². The summed E-state index contributed by atoms with van der Waals surface area (Å²) in [5, 5.41) is 2.64. The molecule has 6 nitrogen and oxygen atoms in total. The van der Waals surface area contributed by atoms with Crippen molar-refractivity contribution in [3.8, 4) is 0 Å². The van der Waals surface area contributed by atoms with Gasteiger partial charge in [0.15, 0.2) is 0 Å². The van der Waals surface area contributed by atoms with Crippen molar-refractivity contribution in [1.82, 2.24) is 5.32 Å². The molecule has 0 unspecified atom stereocenters. The number of amides is 1. The summed E-state index contributed by atoms with van der Waals surface area (Å²) in [6.07, 6.45) is 1.74. The van der Waals surface area contributed by atoms with E-state index in [1.54, 1.807) is 47.6 Å². The molecular formula is C15H27NO5. The third-order valence-electron chi connectivity index (χ3n) is 2.34. The standard InChI is InChI=1S/C15H27NO5/c1-11(12(17)19-7)9-8-10-20-15(5,6)16-13(18)21-14(2,3)4/h9H,8,10H2,1-7H3,(H,16,18)/b11-9-. The molecular weight excluding hydrogens is 274 g/mol. The molecule has 0 fully saturated rings. The normalized spacial score (nSPS) is 12.8. The zero-order valence-corrected chi connectivity index (χ0v) is 14.0. The zero-order chi connectivity index (χ0) is 16.7. The van der Waals surface area contributed by atoms with Crippen molar-refractivity contribution in [1.29, 1.82) is 0 Å². The Balaban J connectivity index is 4.20. The number of ether oxygens (including phenoxy) is 3. The van der Waals surface area contributed by atoms with Crippen LogP contribution in [0, 0.1) is 0 Å². The lowest BCUT2D eigenvalue weighted by molar-refractivity contribution is -0.136. The predicted octanol–water partition coefficient (Wildman–Crippen LogP) is 2.77. The Morgan fingerprint density at radius 1 is 1.14 bits per heavy atom. The van der Waals surface area contributed by atoms with Crippen molar-refractivity contribution < 1.29 is 23.8 Å². The summed E-state index contributed by atoms with van der Waals surface area (Å²) in [7, 11) is 1.34. The van der Waals surface area contributed by atoms with Gasteiger partial charge in [-0.05, 0) is 48.0 Å². The van der Waals surface area contributed by atoms with Crippen molar-refractivity contribution in [3.05, 3.63) is 11.6 Å². The average molecular weight is 301 g/mol. The number of hydrogen-bond acceptors (Lipinski definition) is 5. The van der Waals surface area contributed by atoms with Gasteiger partial charge >= 0.3 is 12.1 Å². The van der Waals surface area contributed by atoms with Gasteiger partial charge in [-0.25, -0.2) is 9.59 Å². The number of hydrogen-bond donors (Lipinski definition) is 1. The summed E-state index contributed by atoms with van der Waals surface area (Å²) < 4.78 is 15.3. The monoisotopic (exact) mass is 301 g/mol. The second-order valence-electron chi connectivity index (χ2n) is 6.15. The van der Waals surface area contributed by atoms with Crippen LogP contribution in [-0.4, -0.2) is 37.1 Å². The molecule has 0 heterocycles. The third-order valence-corrected chi connectivity index (χ3v) is 2.34. The van der Waals surface area contributed by atoms with E-state index in [9.17, 15) is 9.59 Å². The Morgan fingerprint density at radius 3 is 2.19 bits per heavy atom. The fourth-order valence-electron chi connectivity index (χ4n) is 1.42. The van der Waals surface area contributed by atoms with Gasteiger partial charge in [0, 0.05) is 5.57 Å². The first-order chi connectivity index (χ1) is 9.47. The van der Waals surface area contributed by atoms with E-state index in [4.69, 9.17) is 9.47 Å². The number of methoxy groups -OCH3 is 1. The Bertz CT molecular complexity index is 393. The SMILES string of the molecule is COC(=O)/C(C)=C\CCOC(C)(C)NC(=O)OC(C)(C)C. The first-order valence-corrected chi connectivity index (χ1v) is 6.87. The lowest BCUT2D eigenvalue weighted by Gasteiger charge is -2.28. The number of alkyl carbamates (subject to hydrolysis) is 1. The highest BCUT2D eigenvalue weighted by Gasteiger charge is 2.24. The average Bonchev–Trinajstić information content (AvgIpc) is 2.29. The Kier molecular flexibility index (Phi) is 7.43. The van der Waals surface area contributed by atoms with Crippen LogP contribution in [0.4, 0.5) is 4.79 Å². The fraction of sp³-hybridized carbons (Fsp3) is 0.733. The van der Waals surface area contributed by atoms with Crippen molar-refractivity contribution in [3.63, 3.8) is 0 Å². The summed E-state index contributed by atoms with van der Waals surface area (Å²) >= 11 is 0. The van der Waals surface area contributed by atoms with Crippen LogP contribution in [-0.2, 0) is 19.0 Å². The van der Waals surface area contributed by atoms with Crippen LogP contribution in [0.2, 0.25) is 0 Å². The molecule has 6 heteroatoms. The molecule has 21 heavy (non-hydrogen) atoms. The maximum atomic E-state index is 11.7. The quantitative estimate of drug-likeness (QED) is 0.353. The molecule has 0 spiro atoms. The third kappa shape index (κ3) is 9.90.